The van der Waals surface area contributed by atoms with Gasteiger partial charge in [0.05, 0.1) is 0 Å². The van der Waals surface area contributed by atoms with Crippen molar-refractivity contribution < 1.29 is 0 Å². The highest BCUT2D eigenvalue weighted by Crippen LogP contribution is 2.18. The van der Waals surface area contributed by atoms with E-state index in [0.717, 1.165) is 31.8 Å². The van der Waals surface area contributed by atoms with Crippen molar-refractivity contribution in [3.05, 3.63) is 47.8 Å². The number of pyridine rings is 1. The SMILES string of the molecule is CCCn1ccnc1CC(NCC)c1cncc(C)c1. The fraction of sp³-hybridized carbons (Fsp3) is 0.500. The zero-order valence-corrected chi connectivity index (χ0v) is 12.6. The van der Waals surface area contributed by atoms with Crippen LogP contribution in [0, 0.1) is 6.92 Å². The number of nitrogens with one attached hydrogen (secondary N) is 1. The summed E-state index contributed by atoms with van der Waals surface area (Å²) in [7, 11) is 0. The van der Waals surface area contributed by atoms with E-state index < -0.39 is 0 Å². The number of aryl methyl sites for hydroxylation is 2. The summed E-state index contributed by atoms with van der Waals surface area (Å²) in [6.45, 7) is 8.37. The first-order valence-electron chi connectivity index (χ1n) is 7.39. The van der Waals surface area contributed by atoms with Gasteiger partial charge < -0.3 is 9.88 Å². The number of nitrogens with zero attached hydrogens (tertiary/aromatic N) is 3. The fourth-order valence-corrected chi connectivity index (χ4v) is 2.48. The van der Waals surface area contributed by atoms with Gasteiger partial charge >= 0.3 is 0 Å². The predicted molar refractivity (Wildman–Crippen MR) is 81.6 cm³/mol. The lowest BCUT2D eigenvalue weighted by Crippen LogP contribution is -2.24. The molecule has 4 nitrogen and oxygen atoms in total. The molecule has 0 saturated heterocycles. The Balaban J connectivity index is 2.18. The minimum Gasteiger partial charge on any atom is -0.335 e. The van der Waals surface area contributed by atoms with Crippen LogP contribution in [0.3, 0.4) is 0 Å². The van der Waals surface area contributed by atoms with Crippen LogP contribution in [0.5, 0.6) is 0 Å². The van der Waals surface area contributed by atoms with Gasteiger partial charge in [-0.15, -0.1) is 0 Å². The summed E-state index contributed by atoms with van der Waals surface area (Å²) in [4.78, 5) is 8.82. The molecule has 1 unspecified atom stereocenters. The van der Waals surface area contributed by atoms with Crippen molar-refractivity contribution >= 4 is 0 Å². The van der Waals surface area contributed by atoms with Crippen molar-refractivity contribution in [3.8, 4) is 0 Å². The molecule has 0 saturated carbocycles. The van der Waals surface area contributed by atoms with Crippen LogP contribution in [0.4, 0.5) is 0 Å². The highest BCUT2D eigenvalue weighted by Gasteiger charge is 2.14. The molecule has 108 valence electrons. The van der Waals surface area contributed by atoms with Crippen molar-refractivity contribution in [2.45, 2.75) is 46.2 Å². The van der Waals surface area contributed by atoms with E-state index in [1.165, 1.54) is 11.1 Å². The molecule has 0 aliphatic heterocycles. The summed E-state index contributed by atoms with van der Waals surface area (Å²) in [5.41, 5.74) is 2.43. The van der Waals surface area contributed by atoms with Gasteiger partial charge in [-0.2, -0.15) is 0 Å². The summed E-state index contributed by atoms with van der Waals surface area (Å²) >= 11 is 0. The first-order chi connectivity index (χ1) is 9.74. The van der Waals surface area contributed by atoms with Crippen LogP contribution >= 0.6 is 0 Å². The van der Waals surface area contributed by atoms with Gasteiger partial charge in [0.2, 0.25) is 0 Å². The van der Waals surface area contributed by atoms with E-state index in [2.05, 4.69) is 52.9 Å². The quantitative estimate of drug-likeness (QED) is 0.842. The summed E-state index contributed by atoms with van der Waals surface area (Å²) in [6.07, 6.45) is 9.82. The fourth-order valence-electron chi connectivity index (χ4n) is 2.48. The number of likely N-dealkylation sites (N-methyl/N-ethyl adjacent to an activating group) is 1. The Morgan fingerprint density at radius 2 is 2.15 bits per heavy atom. The van der Waals surface area contributed by atoms with Gasteiger partial charge in [0.25, 0.3) is 0 Å². The molecule has 0 aliphatic rings. The zero-order valence-electron chi connectivity index (χ0n) is 12.6. The average Bonchev–Trinajstić information content (AvgIpc) is 2.86. The van der Waals surface area contributed by atoms with Crippen LogP contribution in [0.2, 0.25) is 0 Å². The highest BCUT2D eigenvalue weighted by atomic mass is 15.1. The van der Waals surface area contributed by atoms with Gasteiger partial charge in [-0.25, -0.2) is 4.98 Å². The van der Waals surface area contributed by atoms with E-state index in [0.29, 0.717) is 0 Å². The normalized spacial score (nSPS) is 12.6. The van der Waals surface area contributed by atoms with Crippen LogP contribution in [0.15, 0.2) is 30.9 Å². The van der Waals surface area contributed by atoms with Crippen molar-refractivity contribution in [2.75, 3.05) is 6.54 Å². The maximum absolute atomic E-state index is 4.51. The van der Waals surface area contributed by atoms with E-state index in [1.807, 2.05) is 18.6 Å². The summed E-state index contributed by atoms with van der Waals surface area (Å²) in [5, 5.41) is 3.54. The second-order valence-electron chi connectivity index (χ2n) is 5.15. The Kier molecular flexibility index (Phi) is 5.30. The topological polar surface area (TPSA) is 42.7 Å². The molecule has 0 bridgehead atoms. The lowest BCUT2D eigenvalue weighted by atomic mass is 10.0. The second kappa shape index (κ2) is 7.20. The van der Waals surface area contributed by atoms with Gasteiger partial charge in [0.15, 0.2) is 0 Å². The maximum Gasteiger partial charge on any atom is 0.110 e. The molecule has 0 radical (unpaired) electrons. The molecule has 2 rings (SSSR count). The summed E-state index contributed by atoms with van der Waals surface area (Å²) in [6, 6.07) is 2.47. The molecule has 1 atom stereocenters. The Bertz CT molecular complexity index is 533. The molecule has 2 heterocycles. The van der Waals surface area contributed by atoms with E-state index in [-0.39, 0.29) is 6.04 Å². The lowest BCUT2D eigenvalue weighted by molar-refractivity contribution is 0.515. The number of hydrogen-bond donors (Lipinski definition) is 1. The summed E-state index contributed by atoms with van der Waals surface area (Å²) in [5.74, 6) is 1.14. The van der Waals surface area contributed by atoms with E-state index in [9.17, 15) is 0 Å². The van der Waals surface area contributed by atoms with Crippen LogP contribution in [-0.4, -0.2) is 21.1 Å². The second-order valence-corrected chi connectivity index (χ2v) is 5.15. The molecule has 20 heavy (non-hydrogen) atoms. The third-order valence-corrected chi connectivity index (χ3v) is 3.40. The molecular weight excluding hydrogens is 248 g/mol. The maximum atomic E-state index is 4.51. The number of imidazole rings is 1. The molecule has 0 aliphatic carbocycles. The molecule has 0 spiro atoms. The van der Waals surface area contributed by atoms with E-state index in [1.54, 1.807) is 0 Å². The van der Waals surface area contributed by atoms with Crippen molar-refractivity contribution in [1.29, 1.82) is 0 Å². The Morgan fingerprint density at radius 3 is 2.85 bits per heavy atom. The smallest absolute Gasteiger partial charge is 0.110 e. The number of rotatable bonds is 7. The molecule has 0 fully saturated rings. The first kappa shape index (κ1) is 14.7. The van der Waals surface area contributed by atoms with Gasteiger partial charge in [-0.1, -0.05) is 19.9 Å². The number of hydrogen-bond acceptors (Lipinski definition) is 3. The monoisotopic (exact) mass is 272 g/mol. The van der Waals surface area contributed by atoms with Gasteiger partial charge in [-0.3, -0.25) is 4.98 Å². The van der Waals surface area contributed by atoms with Gasteiger partial charge in [-0.05, 0) is 31.0 Å². The van der Waals surface area contributed by atoms with Gasteiger partial charge in [0.1, 0.15) is 5.82 Å². The Hall–Kier alpha value is -1.68. The first-order valence-corrected chi connectivity index (χ1v) is 7.39. The largest absolute Gasteiger partial charge is 0.335 e. The number of aromatic nitrogens is 3. The highest BCUT2D eigenvalue weighted by molar-refractivity contribution is 5.21. The Morgan fingerprint density at radius 1 is 1.30 bits per heavy atom. The third kappa shape index (κ3) is 3.67. The molecule has 0 amide bonds. The Labute approximate surface area is 121 Å². The van der Waals surface area contributed by atoms with Crippen LogP contribution in [0.25, 0.3) is 0 Å². The van der Waals surface area contributed by atoms with Crippen LogP contribution < -0.4 is 5.32 Å². The standard InChI is InChI=1S/C16H24N4/c1-4-7-20-8-6-19-16(20)10-15(18-5-2)14-9-13(3)11-17-12-14/h6,8-9,11-12,15,18H,4-5,7,10H2,1-3H3. The zero-order chi connectivity index (χ0) is 14.4. The van der Waals surface area contributed by atoms with E-state index >= 15 is 0 Å². The van der Waals surface area contributed by atoms with E-state index in [4.69, 9.17) is 0 Å². The van der Waals surface area contributed by atoms with Gasteiger partial charge in [0, 0.05) is 43.8 Å². The van der Waals surface area contributed by atoms with Crippen molar-refractivity contribution in [2.24, 2.45) is 0 Å². The minimum atomic E-state index is 0.269. The molecule has 2 aromatic rings. The third-order valence-electron chi connectivity index (χ3n) is 3.40. The predicted octanol–water partition coefficient (Wildman–Crippen LogP) is 2.89. The summed E-state index contributed by atoms with van der Waals surface area (Å²) < 4.78 is 2.24. The molecule has 1 N–H and O–H groups in total. The molecule has 2 aromatic heterocycles. The van der Waals surface area contributed by atoms with Crippen molar-refractivity contribution in [3.63, 3.8) is 0 Å². The van der Waals surface area contributed by atoms with Crippen LogP contribution in [0.1, 0.15) is 43.3 Å². The lowest BCUT2D eigenvalue weighted by Gasteiger charge is -2.19. The average molecular weight is 272 g/mol. The molecule has 0 aromatic carbocycles. The molecular formula is C16H24N4. The molecule has 4 heteroatoms. The minimum absolute atomic E-state index is 0.269. The van der Waals surface area contributed by atoms with Crippen molar-refractivity contribution in [1.82, 2.24) is 19.9 Å². The van der Waals surface area contributed by atoms with Crippen LogP contribution in [-0.2, 0) is 13.0 Å².